The van der Waals surface area contributed by atoms with Crippen molar-refractivity contribution in [2.45, 2.75) is 38.3 Å². The molecule has 3 nitrogen and oxygen atoms in total. The zero-order valence-electron chi connectivity index (χ0n) is 10.3. The smallest absolute Gasteiger partial charge is 0.307 e. The summed E-state index contributed by atoms with van der Waals surface area (Å²) in [6, 6.07) is 4.77. The van der Waals surface area contributed by atoms with Crippen LogP contribution in [0.3, 0.4) is 0 Å². The Balaban J connectivity index is 1.95. The summed E-state index contributed by atoms with van der Waals surface area (Å²) in [7, 11) is 1.44. The molecule has 1 atom stereocenters. The maximum Gasteiger partial charge on any atom is 0.307 e. The second kappa shape index (κ2) is 5.65. The van der Waals surface area contributed by atoms with Crippen LogP contribution in [0.15, 0.2) is 17.5 Å². The Kier molecular flexibility index (Phi) is 4.18. The fourth-order valence-corrected chi connectivity index (χ4v) is 3.09. The van der Waals surface area contributed by atoms with E-state index in [2.05, 4.69) is 18.3 Å². The standard InChI is InChI=1S/C13H19NO2S/c1-9-6-10(7-9)14-11(8-13(15)16-2)12-4-3-5-17-12/h3-5,9-11,14H,6-8H2,1-2H3. The molecular weight excluding hydrogens is 234 g/mol. The van der Waals surface area contributed by atoms with Crippen LogP contribution in [0.25, 0.3) is 0 Å². The molecule has 0 aromatic carbocycles. The van der Waals surface area contributed by atoms with Crippen molar-refractivity contribution in [3.05, 3.63) is 22.4 Å². The molecule has 1 N–H and O–H groups in total. The quantitative estimate of drug-likeness (QED) is 0.820. The van der Waals surface area contributed by atoms with Gasteiger partial charge in [0.15, 0.2) is 0 Å². The third-order valence-electron chi connectivity index (χ3n) is 3.30. The molecule has 1 fully saturated rings. The van der Waals surface area contributed by atoms with Crippen LogP contribution >= 0.6 is 11.3 Å². The molecule has 2 rings (SSSR count). The van der Waals surface area contributed by atoms with E-state index < -0.39 is 0 Å². The molecule has 1 unspecified atom stereocenters. The topological polar surface area (TPSA) is 38.3 Å². The minimum Gasteiger partial charge on any atom is -0.469 e. The number of esters is 1. The summed E-state index contributed by atoms with van der Waals surface area (Å²) in [4.78, 5) is 12.6. The normalized spacial score (nSPS) is 25.1. The fourth-order valence-electron chi connectivity index (χ4n) is 2.30. The highest BCUT2D eigenvalue weighted by Crippen LogP contribution is 2.31. The summed E-state index contributed by atoms with van der Waals surface area (Å²) < 4.78 is 4.76. The first-order chi connectivity index (χ1) is 8.19. The second-order valence-corrected chi connectivity index (χ2v) is 5.77. The maximum atomic E-state index is 11.4. The highest BCUT2D eigenvalue weighted by atomic mass is 32.1. The van der Waals surface area contributed by atoms with Gasteiger partial charge in [-0.3, -0.25) is 4.79 Å². The van der Waals surface area contributed by atoms with Gasteiger partial charge in [-0.25, -0.2) is 0 Å². The van der Waals surface area contributed by atoms with Crippen molar-refractivity contribution < 1.29 is 9.53 Å². The van der Waals surface area contributed by atoms with Crippen LogP contribution in [0.5, 0.6) is 0 Å². The maximum absolute atomic E-state index is 11.4. The molecule has 0 saturated heterocycles. The van der Waals surface area contributed by atoms with Crippen molar-refractivity contribution in [2.75, 3.05) is 7.11 Å². The van der Waals surface area contributed by atoms with Gasteiger partial charge in [0.2, 0.25) is 0 Å². The van der Waals surface area contributed by atoms with E-state index in [1.807, 2.05) is 11.4 Å². The van der Waals surface area contributed by atoms with Crippen LogP contribution < -0.4 is 5.32 Å². The molecule has 1 aliphatic rings. The molecule has 94 valence electrons. The minimum absolute atomic E-state index is 0.111. The first-order valence-electron chi connectivity index (χ1n) is 6.05. The molecule has 1 saturated carbocycles. The lowest BCUT2D eigenvalue weighted by Crippen LogP contribution is -2.42. The van der Waals surface area contributed by atoms with Crippen molar-refractivity contribution in [2.24, 2.45) is 5.92 Å². The van der Waals surface area contributed by atoms with Gasteiger partial charge < -0.3 is 10.1 Å². The number of carbonyl (C=O) groups is 1. The number of hydrogen-bond acceptors (Lipinski definition) is 4. The van der Waals surface area contributed by atoms with Gasteiger partial charge >= 0.3 is 5.97 Å². The molecule has 0 bridgehead atoms. The van der Waals surface area contributed by atoms with E-state index in [0.717, 1.165) is 5.92 Å². The molecule has 1 aliphatic carbocycles. The van der Waals surface area contributed by atoms with Crippen molar-refractivity contribution in [1.29, 1.82) is 0 Å². The van der Waals surface area contributed by atoms with E-state index in [-0.39, 0.29) is 12.0 Å². The van der Waals surface area contributed by atoms with Crippen molar-refractivity contribution in [3.63, 3.8) is 0 Å². The van der Waals surface area contributed by atoms with E-state index in [1.165, 1.54) is 24.8 Å². The first kappa shape index (κ1) is 12.6. The van der Waals surface area contributed by atoms with Crippen molar-refractivity contribution in [3.8, 4) is 0 Å². The summed E-state index contributed by atoms with van der Waals surface area (Å²) >= 11 is 1.69. The van der Waals surface area contributed by atoms with E-state index >= 15 is 0 Å². The van der Waals surface area contributed by atoms with Gasteiger partial charge in [0.05, 0.1) is 19.6 Å². The molecule has 1 heterocycles. The lowest BCUT2D eigenvalue weighted by atomic mass is 9.81. The van der Waals surface area contributed by atoms with Gasteiger partial charge in [0, 0.05) is 10.9 Å². The third kappa shape index (κ3) is 3.30. The van der Waals surface area contributed by atoms with Gasteiger partial charge in [-0.05, 0) is 30.2 Å². The van der Waals surface area contributed by atoms with Crippen LogP contribution in [-0.2, 0) is 9.53 Å². The number of nitrogens with one attached hydrogen (secondary N) is 1. The molecule has 17 heavy (non-hydrogen) atoms. The number of ether oxygens (including phenoxy) is 1. The number of methoxy groups -OCH3 is 1. The van der Waals surface area contributed by atoms with Gasteiger partial charge in [-0.2, -0.15) is 0 Å². The van der Waals surface area contributed by atoms with Crippen molar-refractivity contribution >= 4 is 17.3 Å². The SMILES string of the molecule is COC(=O)CC(NC1CC(C)C1)c1cccs1. The Morgan fingerprint density at radius 2 is 2.41 bits per heavy atom. The molecule has 4 heteroatoms. The Morgan fingerprint density at radius 1 is 1.65 bits per heavy atom. The van der Waals surface area contributed by atoms with Crippen molar-refractivity contribution in [1.82, 2.24) is 5.32 Å². The molecule has 0 radical (unpaired) electrons. The van der Waals surface area contributed by atoms with Crippen LogP contribution in [0.2, 0.25) is 0 Å². The molecule has 1 aromatic heterocycles. The largest absolute Gasteiger partial charge is 0.469 e. The lowest BCUT2D eigenvalue weighted by Gasteiger charge is -2.36. The summed E-state index contributed by atoms with van der Waals surface area (Å²) in [5, 5.41) is 5.61. The first-order valence-corrected chi connectivity index (χ1v) is 6.93. The summed E-state index contributed by atoms with van der Waals surface area (Å²) in [5.41, 5.74) is 0. The van der Waals surface area contributed by atoms with E-state index in [4.69, 9.17) is 4.74 Å². The molecular formula is C13H19NO2S. The Hall–Kier alpha value is -0.870. The Bertz CT molecular complexity index is 358. The number of thiophene rings is 1. The average Bonchev–Trinajstić information content (AvgIpc) is 2.78. The molecule has 0 aliphatic heterocycles. The predicted molar refractivity (Wildman–Crippen MR) is 69.0 cm³/mol. The van der Waals surface area contributed by atoms with E-state index in [1.54, 1.807) is 11.3 Å². The van der Waals surface area contributed by atoms with Crippen LogP contribution in [0.4, 0.5) is 0 Å². The molecule has 0 spiro atoms. The number of hydrogen-bond donors (Lipinski definition) is 1. The highest BCUT2D eigenvalue weighted by molar-refractivity contribution is 7.10. The second-order valence-electron chi connectivity index (χ2n) is 4.79. The minimum atomic E-state index is -0.150. The Morgan fingerprint density at radius 3 is 2.94 bits per heavy atom. The molecule has 1 aromatic rings. The van der Waals surface area contributed by atoms with Gasteiger partial charge in [-0.1, -0.05) is 13.0 Å². The summed E-state index contributed by atoms with van der Waals surface area (Å²) in [6.45, 7) is 2.26. The predicted octanol–water partition coefficient (Wildman–Crippen LogP) is 2.74. The van der Waals surface area contributed by atoms with E-state index in [0.29, 0.717) is 12.5 Å². The number of carbonyl (C=O) groups excluding carboxylic acids is 1. The Labute approximate surface area is 106 Å². The fraction of sp³-hybridized carbons (Fsp3) is 0.615. The summed E-state index contributed by atoms with van der Waals surface area (Å²) in [5.74, 6) is 0.665. The van der Waals surface area contributed by atoms with Crippen LogP contribution in [0, 0.1) is 5.92 Å². The van der Waals surface area contributed by atoms with E-state index in [9.17, 15) is 4.79 Å². The highest BCUT2D eigenvalue weighted by Gasteiger charge is 2.29. The zero-order valence-corrected chi connectivity index (χ0v) is 11.1. The van der Waals surface area contributed by atoms with Gasteiger partial charge in [-0.15, -0.1) is 11.3 Å². The zero-order chi connectivity index (χ0) is 12.3. The van der Waals surface area contributed by atoms with Crippen LogP contribution in [-0.4, -0.2) is 19.1 Å². The van der Waals surface area contributed by atoms with Gasteiger partial charge in [0.1, 0.15) is 0 Å². The summed E-state index contributed by atoms with van der Waals surface area (Å²) in [6.07, 6.45) is 2.84. The van der Waals surface area contributed by atoms with Gasteiger partial charge in [0.25, 0.3) is 0 Å². The van der Waals surface area contributed by atoms with Crippen LogP contribution in [0.1, 0.15) is 37.1 Å². The monoisotopic (exact) mass is 253 g/mol. The molecule has 0 amide bonds. The lowest BCUT2D eigenvalue weighted by molar-refractivity contribution is -0.141. The third-order valence-corrected chi connectivity index (χ3v) is 4.28. The average molecular weight is 253 g/mol. The number of rotatable bonds is 5.